The summed E-state index contributed by atoms with van der Waals surface area (Å²) in [5.74, 6) is 0.980. The van der Waals surface area contributed by atoms with Gasteiger partial charge in [-0.25, -0.2) is 0 Å². The molecule has 0 bridgehead atoms. The molecule has 0 aliphatic carbocycles. The molecule has 0 saturated carbocycles. The molecule has 0 spiro atoms. The molecule has 0 N–H and O–H groups in total. The quantitative estimate of drug-likeness (QED) is 0.375. The van der Waals surface area contributed by atoms with Crippen LogP contribution in [0, 0.1) is 11.8 Å². The molecule has 0 aromatic heterocycles. The Hall–Kier alpha value is -1.30. The van der Waals surface area contributed by atoms with E-state index in [0.717, 1.165) is 0 Å². The SMILES string of the molecule is CC(C)=C/C=C(\C)C(C)/C=C\C(C)/C(C)=C/C=C(C)C. The standard InChI is InChI=1S/C20H32/c1-15(2)9-11-17(5)19(7)13-14-20(8)18(6)12-10-16(3)4/h9-14,19-20H,1-8H3/b14-13-,17-11+,18-12+. The fraction of sp³-hybridized carbons (Fsp3) is 0.500. The van der Waals surface area contributed by atoms with Crippen molar-refractivity contribution in [2.45, 2.75) is 55.4 Å². The van der Waals surface area contributed by atoms with E-state index in [1.807, 2.05) is 0 Å². The van der Waals surface area contributed by atoms with Gasteiger partial charge in [0.1, 0.15) is 0 Å². The van der Waals surface area contributed by atoms with Gasteiger partial charge >= 0.3 is 0 Å². The third kappa shape index (κ3) is 8.74. The van der Waals surface area contributed by atoms with E-state index in [4.69, 9.17) is 0 Å². The predicted molar refractivity (Wildman–Crippen MR) is 93.8 cm³/mol. The van der Waals surface area contributed by atoms with Crippen molar-refractivity contribution in [1.29, 1.82) is 0 Å². The van der Waals surface area contributed by atoms with Gasteiger partial charge in [0.25, 0.3) is 0 Å². The van der Waals surface area contributed by atoms with Gasteiger partial charge in [0.05, 0.1) is 0 Å². The average Bonchev–Trinajstić information content (AvgIpc) is 2.38. The van der Waals surface area contributed by atoms with E-state index >= 15 is 0 Å². The van der Waals surface area contributed by atoms with Gasteiger partial charge in [-0.05, 0) is 53.4 Å². The van der Waals surface area contributed by atoms with Gasteiger partial charge in [-0.2, -0.15) is 0 Å². The molecule has 0 aliphatic rings. The van der Waals surface area contributed by atoms with E-state index in [9.17, 15) is 0 Å². The highest BCUT2D eigenvalue weighted by atomic mass is 14.1. The number of hydrogen-bond acceptors (Lipinski definition) is 0. The molecule has 0 aliphatic heterocycles. The minimum absolute atomic E-state index is 0.490. The second kappa shape index (κ2) is 9.58. The lowest BCUT2D eigenvalue weighted by Crippen LogP contribution is -1.95. The first kappa shape index (κ1) is 18.7. The lowest BCUT2D eigenvalue weighted by atomic mass is 9.96. The average molecular weight is 272 g/mol. The largest absolute Gasteiger partial charge is 0.0810 e. The van der Waals surface area contributed by atoms with Gasteiger partial charge in [-0.15, -0.1) is 0 Å². The van der Waals surface area contributed by atoms with E-state index in [1.165, 1.54) is 22.3 Å². The molecular weight excluding hydrogens is 240 g/mol. The molecule has 112 valence electrons. The topological polar surface area (TPSA) is 0 Å². The van der Waals surface area contributed by atoms with Gasteiger partial charge in [0.15, 0.2) is 0 Å². The van der Waals surface area contributed by atoms with Crippen LogP contribution in [-0.4, -0.2) is 0 Å². The van der Waals surface area contributed by atoms with Gasteiger partial charge < -0.3 is 0 Å². The Morgan fingerprint density at radius 2 is 0.850 bits per heavy atom. The van der Waals surface area contributed by atoms with Crippen LogP contribution in [0.15, 0.2) is 58.7 Å². The summed E-state index contributed by atoms with van der Waals surface area (Å²) in [7, 11) is 0. The fourth-order valence-electron chi connectivity index (χ4n) is 1.54. The van der Waals surface area contributed by atoms with Crippen molar-refractivity contribution in [2.24, 2.45) is 11.8 Å². The summed E-state index contributed by atoms with van der Waals surface area (Å²) >= 11 is 0. The molecule has 0 saturated heterocycles. The van der Waals surface area contributed by atoms with Crippen molar-refractivity contribution in [3.8, 4) is 0 Å². The molecule has 0 rings (SSSR count). The van der Waals surface area contributed by atoms with E-state index in [2.05, 4.69) is 91.8 Å². The van der Waals surface area contributed by atoms with Gasteiger partial charge in [0, 0.05) is 0 Å². The van der Waals surface area contributed by atoms with Crippen LogP contribution in [0.25, 0.3) is 0 Å². The number of hydrogen-bond donors (Lipinski definition) is 0. The Balaban J connectivity index is 4.70. The Kier molecular flexibility index (Phi) is 8.96. The zero-order chi connectivity index (χ0) is 15.7. The first-order valence-corrected chi connectivity index (χ1v) is 7.55. The van der Waals surface area contributed by atoms with Crippen LogP contribution in [0.3, 0.4) is 0 Å². The maximum atomic E-state index is 2.31. The van der Waals surface area contributed by atoms with Crippen molar-refractivity contribution in [2.75, 3.05) is 0 Å². The third-order valence-electron chi connectivity index (χ3n) is 3.48. The third-order valence-corrected chi connectivity index (χ3v) is 3.48. The molecule has 0 fully saturated rings. The van der Waals surface area contributed by atoms with Crippen molar-refractivity contribution in [3.05, 3.63) is 58.7 Å². The van der Waals surface area contributed by atoms with Crippen molar-refractivity contribution in [1.82, 2.24) is 0 Å². The van der Waals surface area contributed by atoms with Crippen molar-refractivity contribution >= 4 is 0 Å². The second-order valence-electron chi connectivity index (χ2n) is 6.27. The fourth-order valence-corrected chi connectivity index (χ4v) is 1.54. The van der Waals surface area contributed by atoms with Crippen LogP contribution in [-0.2, 0) is 0 Å². The van der Waals surface area contributed by atoms with Crippen molar-refractivity contribution < 1.29 is 0 Å². The summed E-state index contributed by atoms with van der Waals surface area (Å²) < 4.78 is 0. The highest BCUT2D eigenvalue weighted by Gasteiger charge is 2.02. The summed E-state index contributed by atoms with van der Waals surface area (Å²) in [5.41, 5.74) is 5.49. The summed E-state index contributed by atoms with van der Waals surface area (Å²) in [4.78, 5) is 0. The first-order chi connectivity index (χ1) is 9.23. The van der Waals surface area contributed by atoms with E-state index < -0.39 is 0 Å². The minimum atomic E-state index is 0.490. The lowest BCUT2D eigenvalue weighted by Gasteiger charge is -2.10. The highest BCUT2D eigenvalue weighted by molar-refractivity contribution is 5.22. The zero-order valence-corrected chi connectivity index (χ0v) is 14.6. The Morgan fingerprint density at radius 3 is 1.10 bits per heavy atom. The monoisotopic (exact) mass is 272 g/mol. The first-order valence-electron chi connectivity index (χ1n) is 7.55. The van der Waals surface area contributed by atoms with Gasteiger partial charge in [-0.1, -0.05) is 72.6 Å². The number of allylic oxidation sites excluding steroid dienone is 10. The van der Waals surface area contributed by atoms with Crippen LogP contribution in [0.2, 0.25) is 0 Å². The number of rotatable bonds is 6. The van der Waals surface area contributed by atoms with Gasteiger partial charge in [-0.3, -0.25) is 0 Å². The smallest absolute Gasteiger partial charge is 0.00511 e. The molecule has 0 heterocycles. The molecular formula is C20H32. The Labute approximate surface area is 126 Å². The zero-order valence-electron chi connectivity index (χ0n) is 14.6. The Bertz CT molecular complexity index is 389. The summed E-state index contributed by atoms with van der Waals surface area (Å²) in [6.45, 7) is 17.4. The van der Waals surface area contributed by atoms with Crippen LogP contribution in [0.5, 0.6) is 0 Å². The Morgan fingerprint density at radius 1 is 0.550 bits per heavy atom. The molecule has 20 heavy (non-hydrogen) atoms. The normalized spacial score (nSPS) is 16.0. The van der Waals surface area contributed by atoms with Crippen LogP contribution < -0.4 is 0 Å². The maximum Gasteiger partial charge on any atom is -0.00511 e. The highest BCUT2D eigenvalue weighted by Crippen LogP contribution is 2.17. The van der Waals surface area contributed by atoms with Crippen LogP contribution in [0.1, 0.15) is 55.4 Å². The molecule has 2 unspecified atom stereocenters. The maximum absolute atomic E-state index is 2.31. The van der Waals surface area contributed by atoms with Crippen LogP contribution >= 0.6 is 0 Å². The minimum Gasteiger partial charge on any atom is -0.0810 e. The molecule has 0 aromatic rings. The van der Waals surface area contributed by atoms with E-state index in [1.54, 1.807) is 0 Å². The molecule has 0 nitrogen and oxygen atoms in total. The van der Waals surface area contributed by atoms with Crippen LogP contribution in [0.4, 0.5) is 0 Å². The van der Waals surface area contributed by atoms with E-state index in [0.29, 0.717) is 11.8 Å². The molecule has 0 radical (unpaired) electrons. The van der Waals surface area contributed by atoms with Crippen molar-refractivity contribution in [3.63, 3.8) is 0 Å². The molecule has 2 atom stereocenters. The van der Waals surface area contributed by atoms with Gasteiger partial charge in [0.2, 0.25) is 0 Å². The second-order valence-corrected chi connectivity index (χ2v) is 6.27. The summed E-state index contributed by atoms with van der Waals surface area (Å²) in [5, 5.41) is 0. The lowest BCUT2D eigenvalue weighted by molar-refractivity contribution is 0.813. The molecule has 0 amide bonds. The molecule has 0 heteroatoms. The van der Waals surface area contributed by atoms with E-state index in [-0.39, 0.29) is 0 Å². The predicted octanol–water partition coefficient (Wildman–Crippen LogP) is 6.64. The summed E-state index contributed by atoms with van der Waals surface area (Å²) in [6, 6.07) is 0. The summed E-state index contributed by atoms with van der Waals surface area (Å²) in [6.07, 6.45) is 13.4. The molecule has 0 aromatic carbocycles.